The molecule has 0 saturated carbocycles. The number of carbonyl (C=O) groups excluding carboxylic acids is 1. The van der Waals surface area contributed by atoms with Gasteiger partial charge in [-0.05, 0) is 18.2 Å². The molecule has 2 aromatic rings. The summed E-state index contributed by atoms with van der Waals surface area (Å²) >= 11 is 0. The number of rotatable bonds is 4. The van der Waals surface area contributed by atoms with E-state index in [1.807, 2.05) is 0 Å². The average molecular weight is 301 g/mol. The highest BCUT2D eigenvalue weighted by Gasteiger charge is 2.34. The Balaban J connectivity index is 2.02. The lowest BCUT2D eigenvalue weighted by Crippen LogP contribution is -2.26. The first-order valence-corrected chi connectivity index (χ1v) is 6.01. The Morgan fingerprint density at radius 3 is 2.71 bits per heavy atom. The predicted octanol–water partition coefficient (Wildman–Crippen LogP) is 2.54. The number of nitrogens with one attached hydrogen (secondary N) is 2. The van der Waals surface area contributed by atoms with Gasteiger partial charge in [-0.2, -0.15) is 13.2 Å². The Bertz CT molecular complexity index is 623. The molecule has 0 fully saturated rings. The van der Waals surface area contributed by atoms with Gasteiger partial charge in [-0.3, -0.25) is 4.79 Å². The van der Waals surface area contributed by atoms with Crippen molar-refractivity contribution in [3.63, 3.8) is 0 Å². The van der Waals surface area contributed by atoms with E-state index in [0.717, 1.165) is 6.07 Å². The van der Waals surface area contributed by atoms with Crippen LogP contribution < -0.4 is 5.32 Å². The van der Waals surface area contributed by atoms with Gasteiger partial charge in [-0.1, -0.05) is 0 Å². The van der Waals surface area contributed by atoms with E-state index in [2.05, 4.69) is 15.3 Å². The highest BCUT2D eigenvalue weighted by atomic mass is 19.4. The van der Waals surface area contributed by atoms with Crippen LogP contribution >= 0.6 is 0 Å². The molecule has 0 spiro atoms. The molecule has 0 atom stereocenters. The molecule has 0 unspecified atom stereocenters. The van der Waals surface area contributed by atoms with Crippen molar-refractivity contribution in [2.75, 3.05) is 6.54 Å². The molecule has 0 aliphatic heterocycles. The van der Waals surface area contributed by atoms with E-state index in [9.17, 15) is 22.4 Å². The number of halogens is 4. The lowest BCUT2D eigenvalue weighted by atomic mass is 10.1. The van der Waals surface area contributed by atoms with Crippen LogP contribution in [0.5, 0.6) is 0 Å². The van der Waals surface area contributed by atoms with Crippen LogP contribution in [-0.4, -0.2) is 22.4 Å². The van der Waals surface area contributed by atoms with E-state index in [1.54, 1.807) is 12.4 Å². The van der Waals surface area contributed by atoms with Gasteiger partial charge in [0.1, 0.15) is 11.6 Å². The largest absolute Gasteiger partial charge is 0.419 e. The zero-order chi connectivity index (χ0) is 15.5. The summed E-state index contributed by atoms with van der Waals surface area (Å²) in [5, 5.41) is 2.45. The molecule has 2 N–H and O–H groups in total. The van der Waals surface area contributed by atoms with Crippen molar-refractivity contribution in [3.8, 4) is 0 Å². The monoisotopic (exact) mass is 301 g/mol. The molecule has 21 heavy (non-hydrogen) atoms. The topological polar surface area (TPSA) is 57.8 Å². The Labute approximate surface area is 117 Å². The van der Waals surface area contributed by atoms with E-state index in [4.69, 9.17) is 0 Å². The molecule has 0 aliphatic carbocycles. The maximum atomic E-state index is 13.1. The fourth-order valence-corrected chi connectivity index (χ4v) is 1.71. The van der Waals surface area contributed by atoms with Crippen LogP contribution in [-0.2, 0) is 12.6 Å². The van der Waals surface area contributed by atoms with Gasteiger partial charge >= 0.3 is 6.18 Å². The molecular formula is C13H11F4N3O. The number of H-pyrrole nitrogens is 1. The number of nitrogens with zero attached hydrogens (tertiary/aromatic N) is 1. The van der Waals surface area contributed by atoms with Crippen molar-refractivity contribution in [2.45, 2.75) is 12.6 Å². The summed E-state index contributed by atoms with van der Waals surface area (Å²) in [7, 11) is 0. The third kappa shape index (κ3) is 3.80. The lowest BCUT2D eigenvalue weighted by molar-refractivity contribution is -0.140. The van der Waals surface area contributed by atoms with Gasteiger partial charge in [0.15, 0.2) is 0 Å². The number of carbonyl (C=O) groups is 1. The summed E-state index contributed by atoms with van der Waals surface area (Å²) < 4.78 is 50.7. The van der Waals surface area contributed by atoms with Crippen molar-refractivity contribution in [1.29, 1.82) is 0 Å². The van der Waals surface area contributed by atoms with E-state index >= 15 is 0 Å². The molecular weight excluding hydrogens is 290 g/mol. The molecule has 0 aliphatic rings. The highest BCUT2D eigenvalue weighted by Crippen LogP contribution is 2.31. The van der Waals surface area contributed by atoms with Crippen molar-refractivity contribution in [3.05, 3.63) is 53.4 Å². The second kappa shape index (κ2) is 5.94. The Kier molecular flexibility index (Phi) is 4.25. The first-order valence-electron chi connectivity index (χ1n) is 6.01. The van der Waals surface area contributed by atoms with Crippen LogP contribution in [0.4, 0.5) is 17.6 Å². The Morgan fingerprint density at radius 1 is 1.33 bits per heavy atom. The molecule has 2 rings (SSSR count). The smallest absolute Gasteiger partial charge is 0.352 e. The number of amides is 1. The fourth-order valence-electron chi connectivity index (χ4n) is 1.71. The minimum atomic E-state index is -4.84. The lowest BCUT2D eigenvalue weighted by Gasteiger charge is -2.10. The minimum absolute atomic E-state index is 0.199. The number of aromatic amines is 1. The quantitative estimate of drug-likeness (QED) is 0.853. The summed E-state index contributed by atoms with van der Waals surface area (Å²) in [6.07, 6.45) is -1.26. The van der Waals surface area contributed by atoms with E-state index < -0.39 is 23.5 Å². The van der Waals surface area contributed by atoms with Crippen LogP contribution in [0.15, 0.2) is 30.6 Å². The van der Waals surface area contributed by atoms with Crippen molar-refractivity contribution < 1.29 is 22.4 Å². The standard InChI is InChI=1S/C13H11F4N3O/c14-10-2-1-8(7-9(10)13(15,16)17)12(21)20-4-3-11-18-5-6-19-11/h1-2,5-7H,3-4H2,(H,18,19)(H,20,21). The summed E-state index contributed by atoms with van der Waals surface area (Å²) in [6.45, 7) is 0.199. The number of hydrogen-bond acceptors (Lipinski definition) is 2. The summed E-state index contributed by atoms with van der Waals surface area (Å²) in [5.74, 6) is -1.47. The van der Waals surface area contributed by atoms with E-state index in [-0.39, 0.29) is 12.1 Å². The fraction of sp³-hybridized carbons (Fsp3) is 0.231. The highest BCUT2D eigenvalue weighted by molar-refractivity contribution is 5.94. The van der Waals surface area contributed by atoms with Crippen LogP contribution in [0, 0.1) is 5.82 Å². The van der Waals surface area contributed by atoms with Gasteiger partial charge in [0.2, 0.25) is 0 Å². The van der Waals surface area contributed by atoms with Gasteiger partial charge in [0.25, 0.3) is 5.91 Å². The number of benzene rings is 1. The third-order valence-electron chi connectivity index (χ3n) is 2.74. The SMILES string of the molecule is O=C(NCCc1ncc[nH]1)c1ccc(F)c(C(F)(F)F)c1. The number of imidazole rings is 1. The first-order chi connectivity index (χ1) is 9.88. The van der Waals surface area contributed by atoms with E-state index in [0.29, 0.717) is 24.4 Å². The molecule has 1 aromatic carbocycles. The number of hydrogen-bond donors (Lipinski definition) is 2. The molecule has 8 heteroatoms. The average Bonchev–Trinajstić information content (AvgIpc) is 2.91. The minimum Gasteiger partial charge on any atom is -0.352 e. The maximum Gasteiger partial charge on any atom is 0.419 e. The molecule has 1 aromatic heterocycles. The molecule has 1 heterocycles. The summed E-state index contributed by atoms with van der Waals surface area (Å²) in [5.41, 5.74) is -1.70. The third-order valence-corrected chi connectivity index (χ3v) is 2.74. The van der Waals surface area contributed by atoms with Gasteiger partial charge < -0.3 is 10.3 Å². The van der Waals surface area contributed by atoms with Gasteiger partial charge in [-0.15, -0.1) is 0 Å². The van der Waals surface area contributed by atoms with E-state index in [1.165, 1.54) is 0 Å². The maximum absolute atomic E-state index is 13.1. The van der Waals surface area contributed by atoms with Gasteiger partial charge in [0.05, 0.1) is 5.56 Å². The molecule has 0 saturated heterocycles. The van der Waals surface area contributed by atoms with Gasteiger partial charge in [0, 0.05) is 30.9 Å². The molecule has 4 nitrogen and oxygen atoms in total. The molecule has 1 amide bonds. The normalized spacial score (nSPS) is 11.4. The number of aromatic nitrogens is 2. The first kappa shape index (κ1) is 15.0. The number of alkyl halides is 3. The molecule has 112 valence electrons. The molecule has 0 radical (unpaired) electrons. The Hall–Kier alpha value is -2.38. The van der Waals surface area contributed by atoms with Crippen molar-refractivity contribution in [1.82, 2.24) is 15.3 Å². The zero-order valence-corrected chi connectivity index (χ0v) is 10.7. The second-order valence-electron chi connectivity index (χ2n) is 4.23. The molecule has 0 bridgehead atoms. The second-order valence-corrected chi connectivity index (χ2v) is 4.23. The zero-order valence-electron chi connectivity index (χ0n) is 10.7. The van der Waals surface area contributed by atoms with Crippen molar-refractivity contribution >= 4 is 5.91 Å². The van der Waals surface area contributed by atoms with Gasteiger partial charge in [-0.25, -0.2) is 9.37 Å². The van der Waals surface area contributed by atoms with Crippen LogP contribution in [0.2, 0.25) is 0 Å². The van der Waals surface area contributed by atoms with Crippen molar-refractivity contribution in [2.24, 2.45) is 0 Å². The van der Waals surface area contributed by atoms with Crippen LogP contribution in [0.1, 0.15) is 21.7 Å². The predicted molar refractivity (Wildman–Crippen MR) is 66.0 cm³/mol. The van der Waals surface area contributed by atoms with Crippen LogP contribution in [0.3, 0.4) is 0 Å². The summed E-state index contributed by atoms with van der Waals surface area (Å²) in [4.78, 5) is 18.5. The summed E-state index contributed by atoms with van der Waals surface area (Å²) in [6, 6.07) is 2.13. The Morgan fingerprint density at radius 2 is 2.10 bits per heavy atom. The van der Waals surface area contributed by atoms with Crippen LogP contribution in [0.25, 0.3) is 0 Å².